The van der Waals surface area contributed by atoms with E-state index in [1.165, 1.54) is 51.7 Å². The second-order valence-electron chi connectivity index (χ2n) is 5.11. The third kappa shape index (κ3) is 1.75. The second-order valence-corrected chi connectivity index (χ2v) is 7.22. The van der Waals surface area contributed by atoms with Gasteiger partial charge in [0.2, 0.25) is 0 Å². The molecule has 0 spiro atoms. The Labute approximate surface area is 115 Å². The van der Waals surface area contributed by atoms with Gasteiger partial charge in [-0.1, -0.05) is 0 Å². The zero-order chi connectivity index (χ0) is 11.9. The maximum atomic E-state index is 4.99. The molecule has 2 nitrogen and oxygen atoms in total. The topological polar surface area (TPSA) is 24.9 Å². The molecule has 0 amide bonds. The van der Waals surface area contributed by atoms with Crippen LogP contribution < -0.4 is 5.32 Å². The van der Waals surface area contributed by atoms with E-state index in [4.69, 9.17) is 4.98 Å². The van der Waals surface area contributed by atoms with Gasteiger partial charge in [0.05, 0.1) is 10.7 Å². The van der Waals surface area contributed by atoms with E-state index in [-0.39, 0.29) is 0 Å². The summed E-state index contributed by atoms with van der Waals surface area (Å²) in [6, 6.07) is 2.25. The molecule has 2 aromatic heterocycles. The van der Waals surface area contributed by atoms with Gasteiger partial charge in [-0.05, 0) is 50.2 Å². The van der Waals surface area contributed by atoms with E-state index in [0.717, 1.165) is 13.1 Å². The van der Waals surface area contributed by atoms with Crippen LogP contribution in [0.3, 0.4) is 0 Å². The monoisotopic (exact) mass is 276 g/mol. The van der Waals surface area contributed by atoms with Crippen molar-refractivity contribution in [3.8, 4) is 11.3 Å². The molecule has 0 aromatic carbocycles. The molecule has 0 bridgehead atoms. The van der Waals surface area contributed by atoms with Crippen molar-refractivity contribution in [2.45, 2.75) is 31.6 Å². The van der Waals surface area contributed by atoms with Gasteiger partial charge in [0.25, 0.3) is 0 Å². The zero-order valence-electron chi connectivity index (χ0n) is 10.2. The number of thiophene rings is 1. The molecule has 1 saturated heterocycles. The molecule has 3 heterocycles. The average Bonchev–Trinajstić information content (AvgIpc) is 3.05. The lowest BCUT2D eigenvalue weighted by Crippen LogP contribution is -2.26. The molecule has 1 aliphatic heterocycles. The number of rotatable bonds is 1. The minimum absolute atomic E-state index is 0.698. The second kappa shape index (κ2) is 4.44. The van der Waals surface area contributed by atoms with Crippen LogP contribution in [0.1, 0.15) is 33.5 Å². The summed E-state index contributed by atoms with van der Waals surface area (Å²) in [5.74, 6) is 0.698. The van der Waals surface area contributed by atoms with Crippen LogP contribution in [0.4, 0.5) is 0 Å². The number of hydrogen-bond donors (Lipinski definition) is 1. The molecular weight excluding hydrogens is 260 g/mol. The third-order valence-electron chi connectivity index (χ3n) is 3.98. The number of thiazole rings is 1. The van der Waals surface area contributed by atoms with E-state index < -0.39 is 0 Å². The number of nitrogens with one attached hydrogen (secondary N) is 1. The fourth-order valence-electron chi connectivity index (χ4n) is 2.97. The molecular formula is C14H16N2S2. The Bertz CT molecular complexity index is 564. The highest BCUT2D eigenvalue weighted by Gasteiger charge is 2.25. The lowest BCUT2D eigenvalue weighted by Gasteiger charge is -2.20. The van der Waals surface area contributed by atoms with Crippen molar-refractivity contribution >= 4 is 22.7 Å². The van der Waals surface area contributed by atoms with Crippen molar-refractivity contribution in [3.05, 3.63) is 26.2 Å². The number of hydrogen-bond acceptors (Lipinski definition) is 4. The first kappa shape index (κ1) is 11.1. The van der Waals surface area contributed by atoms with Crippen molar-refractivity contribution in [3.63, 3.8) is 0 Å². The summed E-state index contributed by atoms with van der Waals surface area (Å²) in [7, 11) is 0. The number of aryl methyl sites for hydroxylation is 2. The highest BCUT2D eigenvalue weighted by molar-refractivity contribution is 7.12. The Hall–Kier alpha value is -0.710. The van der Waals surface area contributed by atoms with Crippen molar-refractivity contribution in [2.24, 2.45) is 0 Å². The fourth-order valence-corrected chi connectivity index (χ4v) is 5.09. The molecule has 4 heteroatoms. The zero-order valence-corrected chi connectivity index (χ0v) is 11.9. The molecule has 1 N–H and O–H groups in total. The van der Waals surface area contributed by atoms with Crippen LogP contribution in [0.5, 0.6) is 0 Å². The molecule has 1 fully saturated rings. The Morgan fingerprint density at radius 2 is 2.00 bits per heavy atom. The molecule has 94 valence electrons. The van der Waals surface area contributed by atoms with E-state index >= 15 is 0 Å². The first-order valence-corrected chi connectivity index (χ1v) is 8.38. The Morgan fingerprint density at radius 3 is 2.89 bits per heavy atom. The number of aromatic nitrogens is 1. The van der Waals surface area contributed by atoms with Gasteiger partial charge in [0.1, 0.15) is 0 Å². The van der Waals surface area contributed by atoms with Gasteiger partial charge in [-0.3, -0.25) is 0 Å². The summed E-state index contributed by atoms with van der Waals surface area (Å²) in [6.07, 6.45) is 4.92. The first-order valence-electron chi connectivity index (χ1n) is 6.69. The van der Waals surface area contributed by atoms with E-state index in [2.05, 4.69) is 16.8 Å². The summed E-state index contributed by atoms with van der Waals surface area (Å²) in [4.78, 5) is 8.04. The van der Waals surface area contributed by atoms with Crippen molar-refractivity contribution in [1.29, 1.82) is 0 Å². The van der Waals surface area contributed by atoms with Crippen LogP contribution >= 0.6 is 22.7 Å². The smallest absolute Gasteiger partial charge is 0.0967 e. The predicted octanol–water partition coefficient (Wildman–Crippen LogP) is 3.44. The van der Waals surface area contributed by atoms with Gasteiger partial charge in [-0.15, -0.1) is 22.7 Å². The first-order chi connectivity index (χ1) is 8.92. The molecule has 2 aromatic rings. The molecule has 0 radical (unpaired) electrons. The van der Waals surface area contributed by atoms with Crippen LogP contribution in [0.2, 0.25) is 0 Å². The molecule has 1 aliphatic carbocycles. The lowest BCUT2D eigenvalue weighted by molar-refractivity contribution is 0.459. The van der Waals surface area contributed by atoms with Crippen molar-refractivity contribution in [1.82, 2.24) is 10.3 Å². The lowest BCUT2D eigenvalue weighted by atomic mass is 9.98. The van der Waals surface area contributed by atoms with Crippen LogP contribution in [0.25, 0.3) is 11.3 Å². The van der Waals surface area contributed by atoms with Crippen molar-refractivity contribution < 1.29 is 0 Å². The van der Waals surface area contributed by atoms with E-state index in [1.54, 1.807) is 0 Å². The SMILES string of the molecule is c1cc2c(s1)CCc1sc(C3CCNCC3)nc1-2. The summed E-state index contributed by atoms with van der Waals surface area (Å²) >= 11 is 3.86. The predicted molar refractivity (Wildman–Crippen MR) is 77.7 cm³/mol. The summed E-state index contributed by atoms with van der Waals surface area (Å²) in [5.41, 5.74) is 2.72. The van der Waals surface area contributed by atoms with Crippen LogP contribution in [-0.2, 0) is 12.8 Å². The van der Waals surface area contributed by atoms with Crippen LogP contribution in [0.15, 0.2) is 11.4 Å². The van der Waals surface area contributed by atoms with Gasteiger partial charge in [-0.2, -0.15) is 0 Å². The number of nitrogens with zero attached hydrogens (tertiary/aromatic N) is 1. The highest BCUT2D eigenvalue weighted by Crippen LogP contribution is 2.41. The maximum absolute atomic E-state index is 4.99. The van der Waals surface area contributed by atoms with E-state index in [1.807, 2.05) is 22.7 Å². The van der Waals surface area contributed by atoms with Gasteiger partial charge >= 0.3 is 0 Å². The quantitative estimate of drug-likeness (QED) is 0.863. The summed E-state index contributed by atoms with van der Waals surface area (Å²) in [5, 5.41) is 7.04. The minimum Gasteiger partial charge on any atom is -0.317 e. The van der Waals surface area contributed by atoms with Crippen LogP contribution in [-0.4, -0.2) is 18.1 Å². The Kier molecular flexibility index (Phi) is 2.75. The van der Waals surface area contributed by atoms with Gasteiger partial charge in [-0.25, -0.2) is 4.98 Å². The van der Waals surface area contributed by atoms with Gasteiger partial charge in [0, 0.05) is 21.2 Å². The Balaban J connectivity index is 1.73. The van der Waals surface area contributed by atoms with E-state index in [9.17, 15) is 0 Å². The highest BCUT2D eigenvalue weighted by atomic mass is 32.1. The molecule has 18 heavy (non-hydrogen) atoms. The minimum atomic E-state index is 0.698. The van der Waals surface area contributed by atoms with Gasteiger partial charge < -0.3 is 5.32 Å². The standard InChI is InChI=1S/C14H16N2S2/c1-2-12-13(10-5-8-17-11(1)10)16-14(18-12)9-3-6-15-7-4-9/h5,8-9,15H,1-4,6-7H2. The molecule has 4 rings (SSSR count). The Morgan fingerprint density at radius 1 is 1.17 bits per heavy atom. The largest absolute Gasteiger partial charge is 0.317 e. The fraction of sp³-hybridized carbons (Fsp3) is 0.500. The number of fused-ring (bicyclic) bond motifs is 3. The molecule has 0 atom stereocenters. The maximum Gasteiger partial charge on any atom is 0.0967 e. The van der Waals surface area contributed by atoms with Gasteiger partial charge in [0.15, 0.2) is 0 Å². The summed E-state index contributed by atoms with van der Waals surface area (Å²) in [6.45, 7) is 2.30. The molecule has 2 aliphatic rings. The number of piperidine rings is 1. The van der Waals surface area contributed by atoms with E-state index in [0.29, 0.717) is 5.92 Å². The molecule has 0 unspecified atom stereocenters. The average molecular weight is 276 g/mol. The summed E-state index contributed by atoms with van der Waals surface area (Å²) < 4.78 is 0. The normalized spacial score (nSPS) is 19.6. The van der Waals surface area contributed by atoms with Crippen molar-refractivity contribution in [2.75, 3.05) is 13.1 Å². The van der Waals surface area contributed by atoms with Crippen LogP contribution in [0, 0.1) is 0 Å². The third-order valence-corrected chi connectivity index (χ3v) is 6.24. The molecule has 0 saturated carbocycles.